The zero-order valence-corrected chi connectivity index (χ0v) is 14.1. The van der Waals surface area contributed by atoms with E-state index in [4.69, 9.17) is 4.98 Å². The van der Waals surface area contributed by atoms with Crippen molar-refractivity contribution in [2.24, 2.45) is 0 Å². The van der Waals surface area contributed by atoms with Crippen LogP contribution in [0.3, 0.4) is 0 Å². The highest BCUT2D eigenvalue weighted by Gasteiger charge is 2.33. The van der Waals surface area contributed by atoms with Crippen LogP contribution in [-0.2, 0) is 10.8 Å². The third-order valence-corrected chi connectivity index (χ3v) is 4.35. The molecule has 0 amide bonds. The summed E-state index contributed by atoms with van der Waals surface area (Å²) in [7, 11) is 0. The van der Waals surface area contributed by atoms with E-state index in [2.05, 4.69) is 60.4 Å². The molecule has 0 aliphatic heterocycles. The topological polar surface area (TPSA) is 28.7 Å². The van der Waals surface area contributed by atoms with E-state index in [1.165, 1.54) is 24.2 Å². The van der Waals surface area contributed by atoms with Crippen molar-refractivity contribution in [1.82, 2.24) is 9.97 Å². The molecule has 1 rings (SSSR count). The number of hydrogen-bond acceptors (Lipinski definition) is 1. The Labute approximate surface area is 119 Å². The first-order valence-corrected chi connectivity index (χ1v) is 7.76. The summed E-state index contributed by atoms with van der Waals surface area (Å²) in [6.07, 6.45) is 3.51. The highest BCUT2D eigenvalue weighted by molar-refractivity contribution is 5.30. The molecule has 19 heavy (non-hydrogen) atoms. The van der Waals surface area contributed by atoms with Gasteiger partial charge in [-0.25, -0.2) is 4.98 Å². The van der Waals surface area contributed by atoms with Gasteiger partial charge in [0.2, 0.25) is 0 Å². The molecule has 0 saturated heterocycles. The Kier molecular flexibility index (Phi) is 4.86. The smallest absolute Gasteiger partial charge is 0.109 e. The van der Waals surface area contributed by atoms with Crippen LogP contribution in [0.5, 0.6) is 0 Å². The minimum atomic E-state index is 0.153. The van der Waals surface area contributed by atoms with Crippen molar-refractivity contribution < 1.29 is 0 Å². The lowest BCUT2D eigenvalue weighted by Gasteiger charge is -2.29. The van der Waals surface area contributed by atoms with E-state index in [0.29, 0.717) is 5.92 Å². The van der Waals surface area contributed by atoms with E-state index >= 15 is 0 Å². The number of nitrogens with one attached hydrogen (secondary N) is 1. The molecule has 1 heterocycles. The number of hydrogen-bond donors (Lipinski definition) is 1. The Morgan fingerprint density at radius 3 is 2.05 bits per heavy atom. The summed E-state index contributed by atoms with van der Waals surface area (Å²) in [6.45, 7) is 18.2. The van der Waals surface area contributed by atoms with Crippen molar-refractivity contribution in [1.29, 1.82) is 0 Å². The van der Waals surface area contributed by atoms with E-state index in [1.807, 2.05) is 0 Å². The number of H-pyrrole nitrogens is 1. The van der Waals surface area contributed by atoms with Gasteiger partial charge < -0.3 is 4.98 Å². The molecule has 0 fully saturated rings. The molecule has 0 radical (unpaired) electrons. The van der Waals surface area contributed by atoms with Gasteiger partial charge in [-0.1, -0.05) is 61.8 Å². The lowest BCUT2D eigenvalue weighted by molar-refractivity contribution is 0.426. The van der Waals surface area contributed by atoms with Gasteiger partial charge in [0.05, 0.1) is 5.69 Å². The molecule has 0 bridgehead atoms. The maximum atomic E-state index is 4.96. The highest BCUT2D eigenvalue weighted by Crippen LogP contribution is 2.37. The average molecular weight is 264 g/mol. The maximum absolute atomic E-state index is 4.96. The minimum Gasteiger partial charge on any atom is -0.345 e. The predicted octanol–water partition coefficient (Wildman–Crippen LogP) is 5.30. The first kappa shape index (κ1) is 16.3. The van der Waals surface area contributed by atoms with Gasteiger partial charge in [-0.05, 0) is 12.8 Å². The molecule has 0 aliphatic rings. The van der Waals surface area contributed by atoms with Gasteiger partial charge in [0, 0.05) is 22.4 Å². The third kappa shape index (κ3) is 3.40. The molecule has 0 unspecified atom stereocenters. The zero-order valence-electron chi connectivity index (χ0n) is 14.1. The van der Waals surface area contributed by atoms with Crippen LogP contribution in [0.1, 0.15) is 97.8 Å². The molecule has 2 nitrogen and oxygen atoms in total. The summed E-state index contributed by atoms with van der Waals surface area (Å²) in [4.78, 5) is 8.58. The number of aromatic nitrogens is 2. The average Bonchev–Trinajstić information content (AvgIpc) is 2.75. The summed E-state index contributed by atoms with van der Waals surface area (Å²) in [6, 6.07) is 0. The first-order chi connectivity index (χ1) is 8.65. The van der Waals surface area contributed by atoms with Gasteiger partial charge >= 0.3 is 0 Å². The second kappa shape index (κ2) is 5.68. The summed E-state index contributed by atoms with van der Waals surface area (Å²) in [5, 5.41) is 0. The van der Waals surface area contributed by atoms with E-state index < -0.39 is 0 Å². The van der Waals surface area contributed by atoms with Crippen LogP contribution in [-0.4, -0.2) is 9.97 Å². The minimum absolute atomic E-state index is 0.153. The van der Waals surface area contributed by atoms with Crippen LogP contribution in [0.4, 0.5) is 0 Å². The quantitative estimate of drug-likeness (QED) is 0.742. The van der Waals surface area contributed by atoms with Gasteiger partial charge in [-0.2, -0.15) is 0 Å². The van der Waals surface area contributed by atoms with Crippen LogP contribution in [0, 0.1) is 0 Å². The van der Waals surface area contributed by atoms with Crippen LogP contribution in [0.25, 0.3) is 0 Å². The molecule has 1 aromatic heterocycles. The van der Waals surface area contributed by atoms with Crippen LogP contribution in [0.15, 0.2) is 0 Å². The predicted molar refractivity (Wildman–Crippen MR) is 83.9 cm³/mol. The molecule has 110 valence electrons. The highest BCUT2D eigenvalue weighted by atomic mass is 15.0. The molecule has 0 saturated carbocycles. The molecule has 0 aromatic carbocycles. The molecule has 2 heteroatoms. The van der Waals surface area contributed by atoms with Crippen molar-refractivity contribution in [3.05, 3.63) is 17.2 Å². The Morgan fingerprint density at radius 1 is 1.05 bits per heavy atom. The van der Waals surface area contributed by atoms with Crippen molar-refractivity contribution in [3.8, 4) is 0 Å². The normalized spacial score (nSPS) is 13.3. The lowest BCUT2D eigenvalue weighted by Crippen LogP contribution is -2.26. The Bertz CT molecular complexity index is 411. The fraction of sp³-hybridized carbons (Fsp3) is 0.824. The van der Waals surface area contributed by atoms with Gasteiger partial charge in [0.25, 0.3) is 0 Å². The van der Waals surface area contributed by atoms with Crippen LogP contribution in [0.2, 0.25) is 0 Å². The standard InChI is InChI=1S/C17H32N2/c1-9-11-17(7,8)14-13(16(5,6)10-2)18-15(19-14)12(3)4/h12H,9-11H2,1-8H3,(H,18,19). The lowest BCUT2D eigenvalue weighted by atomic mass is 9.76. The number of aromatic amines is 1. The molecule has 0 aliphatic carbocycles. The molecule has 0 spiro atoms. The number of rotatable bonds is 6. The van der Waals surface area contributed by atoms with Crippen LogP contribution >= 0.6 is 0 Å². The van der Waals surface area contributed by atoms with Crippen molar-refractivity contribution in [2.45, 2.75) is 91.4 Å². The molecular formula is C17H32N2. The second-order valence-corrected chi connectivity index (χ2v) is 7.37. The zero-order chi connectivity index (χ0) is 14.8. The van der Waals surface area contributed by atoms with Crippen molar-refractivity contribution in [3.63, 3.8) is 0 Å². The van der Waals surface area contributed by atoms with Crippen molar-refractivity contribution in [2.75, 3.05) is 0 Å². The van der Waals surface area contributed by atoms with E-state index in [0.717, 1.165) is 12.2 Å². The molecular weight excluding hydrogens is 232 g/mol. The first-order valence-electron chi connectivity index (χ1n) is 7.76. The Balaban J connectivity index is 3.36. The van der Waals surface area contributed by atoms with Crippen molar-refractivity contribution >= 4 is 0 Å². The third-order valence-electron chi connectivity index (χ3n) is 4.35. The largest absolute Gasteiger partial charge is 0.345 e. The van der Waals surface area contributed by atoms with Gasteiger partial charge in [-0.3, -0.25) is 0 Å². The monoisotopic (exact) mass is 264 g/mol. The fourth-order valence-electron chi connectivity index (χ4n) is 2.56. The Morgan fingerprint density at radius 2 is 1.63 bits per heavy atom. The summed E-state index contributed by atoms with van der Waals surface area (Å²) in [5.74, 6) is 1.59. The molecule has 1 aromatic rings. The number of nitrogens with zero attached hydrogens (tertiary/aromatic N) is 1. The van der Waals surface area contributed by atoms with Crippen LogP contribution < -0.4 is 0 Å². The summed E-state index contributed by atoms with van der Waals surface area (Å²) in [5.41, 5.74) is 2.95. The molecule has 0 atom stereocenters. The van der Waals surface area contributed by atoms with E-state index in [1.54, 1.807) is 0 Å². The summed E-state index contributed by atoms with van der Waals surface area (Å²) < 4.78 is 0. The fourth-order valence-corrected chi connectivity index (χ4v) is 2.56. The maximum Gasteiger partial charge on any atom is 0.109 e. The van der Waals surface area contributed by atoms with E-state index in [-0.39, 0.29) is 10.8 Å². The SMILES string of the molecule is CCCC(C)(C)c1nc(C(C)C)[nH]c1C(C)(C)CC. The second-order valence-electron chi connectivity index (χ2n) is 7.37. The van der Waals surface area contributed by atoms with Gasteiger partial charge in [0.1, 0.15) is 5.82 Å². The Hall–Kier alpha value is -0.790. The van der Waals surface area contributed by atoms with Gasteiger partial charge in [0.15, 0.2) is 0 Å². The van der Waals surface area contributed by atoms with Gasteiger partial charge in [-0.15, -0.1) is 0 Å². The molecule has 1 N–H and O–H groups in total. The summed E-state index contributed by atoms with van der Waals surface area (Å²) >= 11 is 0. The number of imidazole rings is 1. The van der Waals surface area contributed by atoms with E-state index in [9.17, 15) is 0 Å².